The predicted octanol–water partition coefficient (Wildman–Crippen LogP) is 3.20. The first kappa shape index (κ1) is 11.3. The van der Waals surface area contributed by atoms with E-state index in [-0.39, 0.29) is 6.03 Å². The summed E-state index contributed by atoms with van der Waals surface area (Å²) in [4.78, 5) is 12.8. The van der Waals surface area contributed by atoms with Gasteiger partial charge in [0.05, 0.1) is 5.69 Å². The molecule has 1 aromatic rings. The van der Waals surface area contributed by atoms with Crippen molar-refractivity contribution in [2.75, 3.05) is 19.4 Å². The zero-order valence-electron chi connectivity index (χ0n) is 7.84. The maximum Gasteiger partial charge on any atom is 0.321 e. The summed E-state index contributed by atoms with van der Waals surface area (Å²) in [5.74, 6) is 0. The highest BCUT2D eigenvalue weighted by Crippen LogP contribution is 2.25. The van der Waals surface area contributed by atoms with E-state index in [1.807, 2.05) is 0 Å². The average Bonchev–Trinajstić information content (AvgIpc) is 2.11. The number of nitrogens with one attached hydrogen (secondary N) is 1. The third kappa shape index (κ3) is 2.89. The highest BCUT2D eigenvalue weighted by Gasteiger charge is 2.06. The molecule has 2 amide bonds. The minimum absolute atomic E-state index is 0.187. The Kier molecular flexibility index (Phi) is 3.77. The van der Waals surface area contributed by atoms with Gasteiger partial charge < -0.3 is 10.2 Å². The van der Waals surface area contributed by atoms with E-state index in [4.69, 9.17) is 11.6 Å². The molecule has 0 atom stereocenters. The number of urea groups is 1. The molecule has 1 N–H and O–H groups in total. The van der Waals surface area contributed by atoms with Crippen molar-refractivity contribution in [1.29, 1.82) is 0 Å². The number of benzene rings is 1. The topological polar surface area (TPSA) is 32.3 Å². The van der Waals surface area contributed by atoms with Gasteiger partial charge in [0.25, 0.3) is 0 Å². The summed E-state index contributed by atoms with van der Waals surface area (Å²) in [6, 6.07) is 5.03. The van der Waals surface area contributed by atoms with E-state index in [2.05, 4.69) is 21.2 Å². The molecule has 14 heavy (non-hydrogen) atoms. The zero-order valence-corrected chi connectivity index (χ0v) is 10.2. The molecule has 0 radical (unpaired) electrons. The molecule has 5 heteroatoms. The Hall–Kier alpha value is -0.740. The van der Waals surface area contributed by atoms with Gasteiger partial charge >= 0.3 is 6.03 Å². The van der Waals surface area contributed by atoms with Gasteiger partial charge in [-0.25, -0.2) is 4.79 Å². The standard InChI is InChI=1S/C9H10BrClN2O/c1-13(2)9(14)12-8-5-6(11)3-4-7(8)10/h3-5H,1-2H3,(H,12,14). The van der Waals surface area contributed by atoms with Gasteiger partial charge in [0.15, 0.2) is 0 Å². The van der Waals surface area contributed by atoms with E-state index in [9.17, 15) is 4.79 Å². The van der Waals surface area contributed by atoms with Crippen LogP contribution >= 0.6 is 27.5 Å². The van der Waals surface area contributed by atoms with Crippen molar-refractivity contribution in [2.24, 2.45) is 0 Å². The van der Waals surface area contributed by atoms with Gasteiger partial charge in [0.2, 0.25) is 0 Å². The Bertz CT molecular complexity index is 355. The lowest BCUT2D eigenvalue weighted by Crippen LogP contribution is -2.27. The van der Waals surface area contributed by atoms with Crippen molar-refractivity contribution in [3.05, 3.63) is 27.7 Å². The molecule has 0 aliphatic rings. The Morgan fingerprint density at radius 2 is 2.14 bits per heavy atom. The Morgan fingerprint density at radius 1 is 1.50 bits per heavy atom. The Labute approximate surface area is 96.2 Å². The summed E-state index contributed by atoms with van der Waals surface area (Å²) in [6.07, 6.45) is 0. The second-order valence-electron chi connectivity index (χ2n) is 2.95. The minimum Gasteiger partial charge on any atom is -0.331 e. The molecule has 0 aliphatic carbocycles. The van der Waals surface area contributed by atoms with Gasteiger partial charge in [-0.2, -0.15) is 0 Å². The molecular weight excluding hydrogens is 267 g/mol. The summed E-state index contributed by atoms with van der Waals surface area (Å²) in [7, 11) is 3.35. The second kappa shape index (κ2) is 4.66. The number of carbonyl (C=O) groups excluding carboxylic acids is 1. The van der Waals surface area contributed by atoms with Crippen LogP contribution in [0.2, 0.25) is 5.02 Å². The highest BCUT2D eigenvalue weighted by molar-refractivity contribution is 9.10. The first-order valence-corrected chi connectivity index (χ1v) is 5.11. The molecule has 0 saturated carbocycles. The maximum atomic E-state index is 11.3. The number of anilines is 1. The molecule has 0 aromatic heterocycles. The lowest BCUT2D eigenvalue weighted by atomic mass is 10.3. The summed E-state index contributed by atoms with van der Waals surface area (Å²) in [5.41, 5.74) is 0.663. The van der Waals surface area contributed by atoms with Crippen LogP contribution in [0.5, 0.6) is 0 Å². The van der Waals surface area contributed by atoms with Crippen LogP contribution in [0, 0.1) is 0 Å². The van der Waals surface area contributed by atoms with Crippen LogP contribution in [-0.4, -0.2) is 25.0 Å². The molecule has 1 rings (SSSR count). The monoisotopic (exact) mass is 276 g/mol. The van der Waals surface area contributed by atoms with Gasteiger partial charge in [0.1, 0.15) is 0 Å². The molecule has 0 bridgehead atoms. The number of rotatable bonds is 1. The van der Waals surface area contributed by atoms with E-state index < -0.39 is 0 Å². The van der Waals surface area contributed by atoms with E-state index in [1.54, 1.807) is 32.3 Å². The zero-order chi connectivity index (χ0) is 10.7. The number of amides is 2. The minimum atomic E-state index is -0.187. The lowest BCUT2D eigenvalue weighted by Gasteiger charge is -2.13. The smallest absolute Gasteiger partial charge is 0.321 e. The van der Waals surface area contributed by atoms with E-state index in [1.165, 1.54) is 4.90 Å². The summed E-state index contributed by atoms with van der Waals surface area (Å²) < 4.78 is 0.803. The van der Waals surface area contributed by atoms with E-state index >= 15 is 0 Å². The van der Waals surface area contributed by atoms with Crippen LogP contribution in [0.3, 0.4) is 0 Å². The largest absolute Gasteiger partial charge is 0.331 e. The third-order valence-corrected chi connectivity index (χ3v) is 2.50. The van der Waals surface area contributed by atoms with Gasteiger partial charge in [-0.05, 0) is 34.1 Å². The highest BCUT2D eigenvalue weighted by atomic mass is 79.9. The predicted molar refractivity (Wildman–Crippen MR) is 61.9 cm³/mol. The van der Waals surface area contributed by atoms with Crippen molar-refractivity contribution < 1.29 is 4.79 Å². The van der Waals surface area contributed by atoms with Crippen molar-refractivity contribution >= 4 is 39.2 Å². The summed E-state index contributed by atoms with van der Waals surface area (Å²) in [5, 5.41) is 3.29. The molecule has 76 valence electrons. The maximum absolute atomic E-state index is 11.3. The van der Waals surface area contributed by atoms with Gasteiger partial charge in [-0.15, -0.1) is 0 Å². The first-order chi connectivity index (χ1) is 6.50. The average molecular weight is 278 g/mol. The van der Waals surface area contributed by atoms with Crippen LogP contribution in [0.4, 0.5) is 10.5 Å². The van der Waals surface area contributed by atoms with Crippen molar-refractivity contribution in [2.45, 2.75) is 0 Å². The number of nitrogens with zero attached hydrogens (tertiary/aromatic N) is 1. The van der Waals surface area contributed by atoms with Crippen LogP contribution in [0.25, 0.3) is 0 Å². The van der Waals surface area contributed by atoms with E-state index in [0.717, 1.165) is 4.47 Å². The fourth-order valence-electron chi connectivity index (χ4n) is 0.820. The number of halogens is 2. The van der Waals surface area contributed by atoms with Crippen molar-refractivity contribution in [1.82, 2.24) is 4.90 Å². The fraction of sp³-hybridized carbons (Fsp3) is 0.222. The second-order valence-corrected chi connectivity index (χ2v) is 4.24. The SMILES string of the molecule is CN(C)C(=O)Nc1cc(Cl)ccc1Br. The number of hydrogen-bond acceptors (Lipinski definition) is 1. The molecule has 1 aromatic carbocycles. The third-order valence-electron chi connectivity index (χ3n) is 1.58. The van der Waals surface area contributed by atoms with Gasteiger partial charge in [-0.1, -0.05) is 11.6 Å². The van der Waals surface area contributed by atoms with Crippen molar-refractivity contribution in [3.8, 4) is 0 Å². The van der Waals surface area contributed by atoms with Gasteiger partial charge in [-0.3, -0.25) is 0 Å². The van der Waals surface area contributed by atoms with Crippen LogP contribution in [0.15, 0.2) is 22.7 Å². The number of carbonyl (C=O) groups is 1. The van der Waals surface area contributed by atoms with Crippen molar-refractivity contribution in [3.63, 3.8) is 0 Å². The van der Waals surface area contributed by atoms with Gasteiger partial charge in [0, 0.05) is 23.6 Å². The van der Waals surface area contributed by atoms with Crippen LogP contribution < -0.4 is 5.32 Å². The number of hydrogen-bond donors (Lipinski definition) is 1. The van der Waals surface area contributed by atoms with Crippen LogP contribution in [0.1, 0.15) is 0 Å². The molecule has 0 heterocycles. The molecule has 0 spiro atoms. The molecular formula is C9H10BrClN2O. The molecule has 0 saturated heterocycles. The quantitative estimate of drug-likeness (QED) is 0.840. The molecule has 0 fully saturated rings. The molecule has 3 nitrogen and oxygen atoms in total. The van der Waals surface area contributed by atoms with E-state index in [0.29, 0.717) is 10.7 Å². The van der Waals surface area contributed by atoms with Crippen LogP contribution in [-0.2, 0) is 0 Å². The Balaban J connectivity index is 2.86. The fourth-order valence-corrected chi connectivity index (χ4v) is 1.34. The summed E-state index contributed by atoms with van der Waals surface area (Å²) in [6.45, 7) is 0. The first-order valence-electron chi connectivity index (χ1n) is 3.94. The Morgan fingerprint density at radius 3 is 2.71 bits per heavy atom. The lowest BCUT2D eigenvalue weighted by molar-refractivity contribution is 0.230. The molecule has 0 unspecified atom stereocenters. The molecule has 0 aliphatic heterocycles. The normalized spacial score (nSPS) is 9.71. The summed E-state index contributed by atoms with van der Waals surface area (Å²) >= 11 is 9.11.